The van der Waals surface area contributed by atoms with Crippen LogP contribution in [0.5, 0.6) is 0 Å². The summed E-state index contributed by atoms with van der Waals surface area (Å²) < 4.78 is 5.64. The minimum absolute atomic E-state index is 0.315. The lowest BCUT2D eigenvalue weighted by atomic mass is 10.2. The number of furan rings is 1. The van der Waals surface area contributed by atoms with Crippen molar-refractivity contribution < 1.29 is 9.21 Å². The van der Waals surface area contributed by atoms with E-state index in [4.69, 9.17) is 16.0 Å². The van der Waals surface area contributed by atoms with Gasteiger partial charge in [0, 0.05) is 28.5 Å². The third kappa shape index (κ3) is 3.84. The van der Waals surface area contributed by atoms with Gasteiger partial charge in [-0.25, -0.2) is 5.43 Å². The zero-order chi connectivity index (χ0) is 16.1. The third-order valence-electron chi connectivity index (χ3n) is 3.04. The second kappa shape index (κ2) is 6.89. The van der Waals surface area contributed by atoms with Crippen LogP contribution >= 0.6 is 11.6 Å². The lowest BCUT2D eigenvalue weighted by Crippen LogP contribution is -2.17. The molecule has 1 N–H and O–H groups in total. The van der Waals surface area contributed by atoms with Crippen molar-refractivity contribution in [2.75, 3.05) is 0 Å². The Morgan fingerprint density at radius 1 is 1.17 bits per heavy atom. The molecule has 0 atom stereocenters. The summed E-state index contributed by atoms with van der Waals surface area (Å²) in [7, 11) is 0. The van der Waals surface area contributed by atoms with Gasteiger partial charge >= 0.3 is 0 Å². The Morgan fingerprint density at radius 3 is 2.78 bits per heavy atom. The van der Waals surface area contributed by atoms with E-state index in [0.717, 1.165) is 5.56 Å². The van der Waals surface area contributed by atoms with Gasteiger partial charge in [-0.15, -0.1) is 0 Å². The molecule has 6 heteroatoms. The molecule has 3 aromatic rings. The molecule has 0 fully saturated rings. The molecule has 114 valence electrons. The van der Waals surface area contributed by atoms with Gasteiger partial charge in [-0.3, -0.25) is 9.78 Å². The van der Waals surface area contributed by atoms with Crippen LogP contribution in [0.1, 0.15) is 16.1 Å². The molecule has 0 radical (unpaired) electrons. The smallest absolute Gasteiger partial charge is 0.271 e. The normalized spacial score (nSPS) is 10.8. The Labute approximate surface area is 137 Å². The van der Waals surface area contributed by atoms with E-state index in [1.807, 2.05) is 24.3 Å². The first kappa shape index (κ1) is 15.0. The van der Waals surface area contributed by atoms with Crippen LogP contribution in [0.3, 0.4) is 0 Å². The molecule has 2 aromatic heterocycles. The zero-order valence-corrected chi connectivity index (χ0v) is 12.7. The quantitative estimate of drug-likeness (QED) is 0.586. The molecule has 1 aromatic carbocycles. The average molecular weight is 326 g/mol. The van der Waals surface area contributed by atoms with Crippen molar-refractivity contribution in [1.82, 2.24) is 10.4 Å². The maximum Gasteiger partial charge on any atom is 0.271 e. The Kier molecular flexibility index (Phi) is 4.49. The van der Waals surface area contributed by atoms with Crippen molar-refractivity contribution in [3.05, 3.63) is 77.3 Å². The van der Waals surface area contributed by atoms with E-state index < -0.39 is 0 Å². The summed E-state index contributed by atoms with van der Waals surface area (Å²) in [6.07, 6.45) is 4.53. The average Bonchev–Trinajstić information content (AvgIpc) is 3.04. The largest absolute Gasteiger partial charge is 0.455 e. The summed E-state index contributed by atoms with van der Waals surface area (Å²) in [6, 6.07) is 14.2. The number of hydrazone groups is 1. The van der Waals surface area contributed by atoms with Crippen LogP contribution in [0, 0.1) is 0 Å². The molecule has 3 rings (SSSR count). The predicted molar refractivity (Wildman–Crippen MR) is 88.5 cm³/mol. The lowest BCUT2D eigenvalue weighted by molar-refractivity contribution is 0.0955. The van der Waals surface area contributed by atoms with Crippen LogP contribution < -0.4 is 5.43 Å². The number of carbonyl (C=O) groups excluding carboxylic acids is 1. The number of amides is 1. The van der Waals surface area contributed by atoms with Gasteiger partial charge in [0.05, 0.1) is 6.21 Å². The highest BCUT2D eigenvalue weighted by molar-refractivity contribution is 6.30. The third-order valence-corrected chi connectivity index (χ3v) is 3.27. The van der Waals surface area contributed by atoms with Crippen molar-refractivity contribution in [3.8, 4) is 11.3 Å². The summed E-state index contributed by atoms with van der Waals surface area (Å²) >= 11 is 5.96. The first-order valence-corrected chi connectivity index (χ1v) is 7.19. The van der Waals surface area contributed by atoms with Crippen LogP contribution in [-0.2, 0) is 0 Å². The molecule has 0 bridgehead atoms. The van der Waals surface area contributed by atoms with Crippen molar-refractivity contribution in [2.45, 2.75) is 0 Å². The number of benzene rings is 1. The van der Waals surface area contributed by atoms with E-state index in [2.05, 4.69) is 15.5 Å². The number of aromatic nitrogens is 1. The summed E-state index contributed by atoms with van der Waals surface area (Å²) in [5.74, 6) is 0.884. The number of nitrogens with one attached hydrogen (secondary N) is 1. The molecule has 5 nitrogen and oxygen atoms in total. The number of hydrogen-bond donors (Lipinski definition) is 1. The second-order valence-corrected chi connectivity index (χ2v) is 5.08. The van der Waals surface area contributed by atoms with Crippen LogP contribution in [0.4, 0.5) is 0 Å². The van der Waals surface area contributed by atoms with E-state index in [1.165, 1.54) is 6.21 Å². The van der Waals surface area contributed by atoms with E-state index >= 15 is 0 Å². The molecule has 0 spiro atoms. The van der Waals surface area contributed by atoms with Gasteiger partial charge in [0.1, 0.15) is 11.5 Å². The Morgan fingerprint density at radius 2 is 2.00 bits per heavy atom. The molecule has 0 unspecified atom stereocenters. The fourth-order valence-electron chi connectivity index (χ4n) is 1.94. The van der Waals surface area contributed by atoms with Crippen LogP contribution in [0.25, 0.3) is 11.3 Å². The van der Waals surface area contributed by atoms with Gasteiger partial charge < -0.3 is 4.42 Å². The van der Waals surface area contributed by atoms with Gasteiger partial charge in [0.2, 0.25) is 0 Å². The van der Waals surface area contributed by atoms with Gasteiger partial charge in [0.15, 0.2) is 0 Å². The van der Waals surface area contributed by atoms with Gasteiger partial charge in [-0.1, -0.05) is 23.7 Å². The van der Waals surface area contributed by atoms with Gasteiger partial charge in [-0.2, -0.15) is 5.10 Å². The van der Waals surface area contributed by atoms with Crippen LogP contribution in [-0.4, -0.2) is 17.1 Å². The SMILES string of the molecule is O=C(N/N=C/c1ccc(-c2cccc(Cl)c2)o1)c1ccncc1. The fraction of sp³-hybridized carbons (Fsp3) is 0. The highest BCUT2D eigenvalue weighted by Gasteiger charge is 2.05. The second-order valence-electron chi connectivity index (χ2n) is 4.65. The molecular formula is C17H12ClN3O2. The Hall–Kier alpha value is -2.92. The van der Waals surface area contributed by atoms with Crippen molar-refractivity contribution in [1.29, 1.82) is 0 Å². The maximum atomic E-state index is 11.8. The zero-order valence-electron chi connectivity index (χ0n) is 11.9. The monoisotopic (exact) mass is 325 g/mol. The fourth-order valence-corrected chi connectivity index (χ4v) is 2.13. The van der Waals surface area contributed by atoms with Crippen molar-refractivity contribution in [3.63, 3.8) is 0 Å². The molecule has 0 aliphatic heterocycles. The summed E-state index contributed by atoms with van der Waals surface area (Å²) in [6.45, 7) is 0. The molecule has 1 amide bonds. The molecule has 23 heavy (non-hydrogen) atoms. The Balaban J connectivity index is 1.66. The molecular weight excluding hydrogens is 314 g/mol. The topological polar surface area (TPSA) is 67.5 Å². The molecule has 0 aliphatic carbocycles. The highest BCUT2D eigenvalue weighted by atomic mass is 35.5. The van der Waals surface area contributed by atoms with Gasteiger partial charge in [0.25, 0.3) is 5.91 Å². The minimum atomic E-state index is -0.315. The number of hydrogen-bond acceptors (Lipinski definition) is 4. The van der Waals surface area contributed by atoms with E-state index in [0.29, 0.717) is 22.1 Å². The highest BCUT2D eigenvalue weighted by Crippen LogP contribution is 2.24. The molecule has 0 saturated heterocycles. The van der Waals surface area contributed by atoms with Crippen molar-refractivity contribution >= 4 is 23.7 Å². The molecule has 0 aliphatic rings. The van der Waals surface area contributed by atoms with Crippen LogP contribution in [0.15, 0.2) is 70.4 Å². The lowest BCUT2D eigenvalue weighted by Gasteiger charge is -1.98. The van der Waals surface area contributed by atoms with E-state index in [1.54, 1.807) is 36.7 Å². The van der Waals surface area contributed by atoms with E-state index in [-0.39, 0.29) is 5.91 Å². The summed E-state index contributed by atoms with van der Waals surface area (Å²) in [5, 5.41) is 4.52. The predicted octanol–water partition coefficient (Wildman–Crippen LogP) is 3.76. The number of halogens is 1. The number of carbonyl (C=O) groups is 1. The van der Waals surface area contributed by atoms with E-state index in [9.17, 15) is 4.79 Å². The van der Waals surface area contributed by atoms with Gasteiger partial charge in [-0.05, 0) is 36.4 Å². The minimum Gasteiger partial charge on any atom is -0.455 e. The summed E-state index contributed by atoms with van der Waals surface area (Å²) in [5.41, 5.74) is 3.78. The molecule has 0 saturated carbocycles. The standard InChI is InChI=1S/C17H12ClN3O2/c18-14-3-1-2-13(10-14)16-5-4-15(23-16)11-20-21-17(22)12-6-8-19-9-7-12/h1-11H,(H,21,22)/b20-11+. The van der Waals surface area contributed by atoms with Crippen LogP contribution in [0.2, 0.25) is 5.02 Å². The maximum absolute atomic E-state index is 11.8. The van der Waals surface area contributed by atoms with Crippen molar-refractivity contribution in [2.24, 2.45) is 5.10 Å². The summed E-state index contributed by atoms with van der Waals surface area (Å²) in [4.78, 5) is 15.7. The molecule has 2 heterocycles. The number of pyridine rings is 1. The number of rotatable bonds is 4. The first-order valence-electron chi connectivity index (χ1n) is 6.81. The first-order chi connectivity index (χ1) is 11.2. The number of nitrogens with zero attached hydrogens (tertiary/aromatic N) is 2. The Bertz CT molecular complexity index is 844.